The third-order valence-corrected chi connectivity index (χ3v) is 7.90. The number of carbonyl (C=O) groups is 2. The van der Waals surface area contributed by atoms with Gasteiger partial charge in [0.15, 0.2) is 0 Å². The normalized spacial score (nSPS) is 14.6. The van der Waals surface area contributed by atoms with Crippen molar-refractivity contribution in [2.24, 2.45) is 11.3 Å². The van der Waals surface area contributed by atoms with E-state index in [9.17, 15) is 19.8 Å². The maximum Gasteiger partial charge on any atom is 0.335 e. The zero-order chi connectivity index (χ0) is 28.2. The van der Waals surface area contributed by atoms with E-state index in [2.05, 4.69) is 42.5 Å². The summed E-state index contributed by atoms with van der Waals surface area (Å²) in [5.74, 6) is -0.580. The number of unbranched alkanes of at least 4 members (excludes halogenated alkanes) is 2. The number of aryl methyl sites for hydroxylation is 1. The number of aromatic carboxylic acids is 1. The first kappa shape index (κ1) is 29.1. The van der Waals surface area contributed by atoms with Gasteiger partial charge in [0, 0.05) is 5.56 Å². The summed E-state index contributed by atoms with van der Waals surface area (Å²) in [4.78, 5) is 22.6. The van der Waals surface area contributed by atoms with Crippen molar-refractivity contribution in [3.8, 4) is 5.75 Å². The van der Waals surface area contributed by atoms with E-state index in [0.29, 0.717) is 6.61 Å². The third kappa shape index (κ3) is 9.41. The molecular formula is C35H40O5. The number of benzene rings is 3. The van der Waals surface area contributed by atoms with Crippen molar-refractivity contribution in [1.29, 1.82) is 0 Å². The molecule has 3 aromatic carbocycles. The Morgan fingerprint density at radius 2 is 1.57 bits per heavy atom. The first-order chi connectivity index (χ1) is 19.4. The van der Waals surface area contributed by atoms with Gasteiger partial charge in [0.2, 0.25) is 0 Å². The van der Waals surface area contributed by atoms with Crippen molar-refractivity contribution < 1.29 is 24.5 Å². The molecule has 1 aliphatic rings. The van der Waals surface area contributed by atoms with Crippen LogP contribution in [0.2, 0.25) is 0 Å². The quantitative estimate of drug-likeness (QED) is 0.169. The molecule has 0 saturated heterocycles. The van der Waals surface area contributed by atoms with Crippen LogP contribution < -0.4 is 4.74 Å². The highest BCUT2D eigenvalue weighted by molar-refractivity contribution is 5.87. The average Bonchev–Trinajstić information content (AvgIpc) is 3.72. The summed E-state index contributed by atoms with van der Waals surface area (Å²) in [7, 11) is 0. The molecule has 1 aliphatic carbocycles. The Bertz CT molecular complexity index is 1260. The van der Waals surface area contributed by atoms with Crippen LogP contribution >= 0.6 is 0 Å². The van der Waals surface area contributed by atoms with Crippen molar-refractivity contribution in [3.05, 3.63) is 107 Å². The summed E-state index contributed by atoms with van der Waals surface area (Å²) >= 11 is 0. The van der Waals surface area contributed by atoms with E-state index in [-0.39, 0.29) is 23.3 Å². The van der Waals surface area contributed by atoms with Gasteiger partial charge in [0.25, 0.3) is 0 Å². The predicted octanol–water partition coefficient (Wildman–Crippen LogP) is 8.08. The fourth-order valence-corrected chi connectivity index (χ4v) is 5.28. The van der Waals surface area contributed by atoms with Crippen molar-refractivity contribution in [3.63, 3.8) is 0 Å². The third-order valence-electron chi connectivity index (χ3n) is 7.90. The lowest BCUT2D eigenvalue weighted by Crippen LogP contribution is -2.11. The number of rotatable bonds is 17. The first-order valence-electron chi connectivity index (χ1n) is 14.4. The van der Waals surface area contributed by atoms with E-state index in [1.165, 1.54) is 5.56 Å². The number of allylic oxidation sites excluding steroid dienone is 1. The number of carboxylic acids is 2. The molecule has 1 fully saturated rings. The summed E-state index contributed by atoms with van der Waals surface area (Å²) in [6.45, 7) is 0.677. The van der Waals surface area contributed by atoms with Crippen LogP contribution in [-0.2, 0) is 17.6 Å². The minimum absolute atomic E-state index is 0.0629. The van der Waals surface area contributed by atoms with Crippen LogP contribution in [0, 0.1) is 11.3 Å². The van der Waals surface area contributed by atoms with E-state index in [1.54, 1.807) is 12.1 Å². The van der Waals surface area contributed by atoms with Gasteiger partial charge in [0.05, 0.1) is 18.6 Å². The Kier molecular flexibility index (Phi) is 10.6. The maximum atomic E-state index is 11.4. The summed E-state index contributed by atoms with van der Waals surface area (Å²) in [5.41, 5.74) is 3.70. The topological polar surface area (TPSA) is 83.8 Å². The van der Waals surface area contributed by atoms with Gasteiger partial charge in [-0.15, -0.1) is 0 Å². The van der Waals surface area contributed by atoms with Crippen LogP contribution in [0.15, 0.2) is 84.9 Å². The Morgan fingerprint density at radius 3 is 2.27 bits per heavy atom. The number of hydrogen-bond acceptors (Lipinski definition) is 3. The fraction of sp³-hybridized carbons (Fsp3) is 0.371. The summed E-state index contributed by atoms with van der Waals surface area (Å²) in [6, 6.07) is 25.7. The number of carboxylic acid groups (broad SMARTS) is 2. The van der Waals surface area contributed by atoms with Gasteiger partial charge in [-0.1, -0.05) is 72.8 Å². The van der Waals surface area contributed by atoms with E-state index < -0.39 is 11.9 Å². The standard InChI is InChI=1S/C35H40O5/c36-33(37)26-35(22-23-35)21-20-29(25-28-15-18-31(19-16-28)34(38)39)14-17-30-12-6-7-13-32(30)40-24-8-2-5-11-27-9-3-1-4-10-27/h1,3-4,6-7,9-10,12-19,29H,2,5,8,11,20-26H2,(H,36,37)(H,38,39)/b17-14+/t29-/m0/s1. The van der Waals surface area contributed by atoms with Crippen molar-refractivity contribution in [2.45, 2.75) is 64.2 Å². The van der Waals surface area contributed by atoms with E-state index in [4.69, 9.17) is 4.74 Å². The number of para-hydroxylation sites is 1. The number of ether oxygens (including phenoxy) is 1. The number of hydrogen-bond donors (Lipinski definition) is 2. The molecule has 0 spiro atoms. The lowest BCUT2D eigenvalue weighted by molar-refractivity contribution is -0.138. The van der Waals surface area contributed by atoms with Gasteiger partial charge < -0.3 is 14.9 Å². The van der Waals surface area contributed by atoms with Gasteiger partial charge >= 0.3 is 11.9 Å². The lowest BCUT2D eigenvalue weighted by Gasteiger charge is -2.18. The fourth-order valence-electron chi connectivity index (χ4n) is 5.28. The molecule has 0 bridgehead atoms. The Morgan fingerprint density at radius 1 is 0.850 bits per heavy atom. The molecule has 0 aliphatic heterocycles. The highest BCUT2D eigenvalue weighted by atomic mass is 16.5. The molecule has 0 heterocycles. The largest absolute Gasteiger partial charge is 0.493 e. The number of aliphatic carboxylic acids is 1. The average molecular weight is 541 g/mol. The molecule has 0 radical (unpaired) electrons. The van der Waals surface area contributed by atoms with Crippen LogP contribution in [0.25, 0.3) is 6.08 Å². The molecule has 2 N–H and O–H groups in total. The van der Waals surface area contributed by atoms with Crippen LogP contribution in [-0.4, -0.2) is 28.8 Å². The van der Waals surface area contributed by atoms with E-state index in [0.717, 1.165) is 74.7 Å². The molecule has 5 heteroatoms. The summed E-state index contributed by atoms with van der Waals surface area (Å²) < 4.78 is 6.17. The lowest BCUT2D eigenvalue weighted by atomic mass is 9.87. The van der Waals surface area contributed by atoms with Crippen LogP contribution in [0.4, 0.5) is 0 Å². The van der Waals surface area contributed by atoms with Gasteiger partial charge in [-0.25, -0.2) is 4.79 Å². The highest BCUT2D eigenvalue weighted by Gasteiger charge is 2.43. The zero-order valence-corrected chi connectivity index (χ0v) is 23.1. The molecule has 40 heavy (non-hydrogen) atoms. The molecule has 0 amide bonds. The molecule has 0 unspecified atom stereocenters. The molecule has 1 atom stereocenters. The van der Waals surface area contributed by atoms with Crippen molar-refractivity contribution >= 4 is 18.0 Å². The molecule has 4 rings (SSSR count). The van der Waals surface area contributed by atoms with E-state index >= 15 is 0 Å². The second kappa shape index (κ2) is 14.5. The Labute approximate surface area is 237 Å². The molecule has 5 nitrogen and oxygen atoms in total. The second-order valence-electron chi connectivity index (χ2n) is 11.1. The SMILES string of the molecule is O=C(O)CC1(CC[C@H](/C=C/c2ccccc2OCCCCCc2ccccc2)Cc2ccc(C(=O)O)cc2)CC1. The monoisotopic (exact) mass is 540 g/mol. The Hall–Kier alpha value is -3.86. The Balaban J connectivity index is 1.35. The van der Waals surface area contributed by atoms with Gasteiger partial charge in [-0.2, -0.15) is 0 Å². The minimum atomic E-state index is -0.930. The van der Waals surface area contributed by atoms with Crippen LogP contribution in [0.1, 0.15) is 78.4 Å². The maximum absolute atomic E-state index is 11.4. The zero-order valence-electron chi connectivity index (χ0n) is 23.1. The second-order valence-corrected chi connectivity index (χ2v) is 11.1. The molecule has 1 saturated carbocycles. The van der Waals surface area contributed by atoms with Crippen LogP contribution in [0.5, 0.6) is 5.75 Å². The van der Waals surface area contributed by atoms with Gasteiger partial charge in [-0.3, -0.25) is 4.79 Å². The minimum Gasteiger partial charge on any atom is -0.493 e. The molecule has 3 aromatic rings. The van der Waals surface area contributed by atoms with Gasteiger partial charge in [0.1, 0.15) is 5.75 Å². The van der Waals surface area contributed by atoms with E-state index in [1.807, 2.05) is 36.4 Å². The van der Waals surface area contributed by atoms with Crippen molar-refractivity contribution in [2.75, 3.05) is 6.61 Å². The summed E-state index contributed by atoms with van der Waals surface area (Å²) in [6.07, 6.45) is 13.4. The highest BCUT2D eigenvalue weighted by Crippen LogP contribution is 2.53. The molecule has 210 valence electrons. The van der Waals surface area contributed by atoms with Gasteiger partial charge in [-0.05, 0) is 98.4 Å². The molecule has 0 aromatic heterocycles. The smallest absolute Gasteiger partial charge is 0.335 e. The first-order valence-corrected chi connectivity index (χ1v) is 14.4. The predicted molar refractivity (Wildman–Crippen MR) is 159 cm³/mol. The molecular weight excluding hydrogens is 500 g/mol. The van der Waals surface area contributed by atoms with Crippen molar-refractivity contribution in [1.82, 2.24) is 0 Å². The van der Waals surface area contributed by atoms with Crippen LogP contribution in [0.3, 0.4) is 0 Å². The summed E-state index contributed by atoms with van der Waals surface area (Å²) in [5, 5.41) is 18.6.